The topological polar surface area (TPSA) is 37.8 Å². The van der Waals surface area contributed by atoms with Crippen LogP contribution in [-0.4, -0.2) is 17.0 Å². The molecule has 82 valence electrons. The van der Waals surface area contributed by atoms with Gasteiger partial charge in [0.1, 0.15) is 0 Å². The highest BCUT2D eigenvalue weighted by atomic mass is 14.9. The first kappa shape index (κ1) is 10.8. The maximum absolute atomic E-state index is 4.40. The molecule has 0 saturated carbocycles. The molecule has 0 radical (unpaired) electrons. The first-order valence-corrected chi connectivity index (χ1v) is 5.31. The van der Waals surface area contributed by atoms with E-state index in [0.29, 0.717) is 0 Å². The van der Waals surface area contributed by atoms with Gasteiger partial charge in [0.2, 0.25) is 0 Å². The third-order valence-corrected chi connectivity index (χ3v) is 2.54. The molecule has 3 nitrogen and oxygen atoms in total. The van der Waals surface area contributed by atoms with Crippen molar-refractivity contribution in [2.24, 2.45) is 0 Å². The molecular weight excluding hydrogens is 198 g/mol. The van der Waals surface area contributed by atoms with E-state index in [9.17, 15) is 0 Å². The van der Waals surface area contributed by atoms with Crippen LogP contribution in [0.15, 0.2) is 42.9 Å². The third kappa shape index (κ3) is 2.25. The Kier molecular flexibility index (Phi) is 3.27. The minimum Gasteiger partial charge on any atom is -0.308 e. The summed E-state index contributed by atoms with van der Waals surface area (Å²) in [5.41, 5.74) is 3.37. The predicted octanol–water partition coefficient (Wildman–Crippen LogP) is 2.09. The van der Waals surface area contributed by atoms with Crippen molar-refractivity contribution in [2.45, 2.75) is 13.0 Å². The summed E-state index contributed by atoms with van der Waals surface area (Å²) < 4.78 is 0. The fraction of sp³-hybridized carbons (Fsp3) is 0.231. The molecule has 1 N–H and O–H groups in total. The van der Waals surface area contributed by atoms with Crippen LogP contribution >= 0.6 is 0 Å². The van der Waals surface area contributed by atoms with Gasteiger partial charge in [-0.15, -0.1) is 0 Å². The molecule has 2 rings (SSSR count). The van der Waals surface area contributed by atoms with Crippen LogP contribution in [0.25, 0.3) is 0 Å². The highest BCUT2D eigenvalue weighted by Crippen LogP contribution is 2.19. The highest BCUT2D eigenvalue weighted by Gasteiger charge is 2.12. The second kappa shape index (κ2) is 4.86. The number of hydrogen-bond donors (Lipinski definition) is 1. The Balaban J connectivity index is 2.37. The number of hydrogen-bond acceptors (Lipinski definition) is 3. The van der Waals surface area contributed by atoms with Crippen molar-refractivity contribution in [3.63, 3.8) is 0 Å². The number of aryl methyl sites for hydroxylation is 1. The molecule has 0 aliphatic heterocycles. The summed E-state index contributed by atoms with van der Waals surface area (Å²) in [5, 5.41) is 3.26. The zero-order valence-corrected chi connectivity index (χ0v) is 9.51. The molecule has 3 heteroatoms. The van der Waals surface area contributed by atoms with Gasteiger partial charge < -0.3 is 5.32 Å². The van der Waals surface area contributed by atoms with E-state index in [1.165, 1.54) is 5.56 Å². The van der Waals surface area contributed by atoms with Gasteiger partial charge >= 0.3 is 0 Å². The maximum Gasteiger partial charge on any atom is 0.0764 e. The Morgan fingerprint density at radius 3 is 2.75 bits per heavy atom. The van der Waals surface area contributed by atoms with Crippen molar-refractivity contribution >= 4 is 0 Å². The summed E-state index contributed by atoms with van der Waals surface area (Å²) in [6.07, 6.45) is 5.48. The highest BCUT2D eigenvalue weighted by molar-refractivity contribution is 5.27. The van der Waals surface area contributed by atoms with E-state index in [1.54, 1.807) is 6.20 Å². The Labute approximate surface area is 95.6 Å². The van der Waals surface area contributed by atoms with Crippen LogP contribution in [0.1, 0.15) is 22.9 Å². The average Bonchev–Trinajstić information content (AvgIpc) is 2.31. The number of nitrogens with zero attached hydrogens (tertiary/aromatic N) is 2. The van der Waals surface area contributed by atoms with Gasteiger partial charge in [0.05, 0.1) is 11.7 Å². The van der Waals surface area contributed by atoms with Gasteiger partial charge in [0, 0.05) is 18.6 Å². The smallest absolute Gasteiger partial charge is 0.0764 e. The molecule has 1 atom stereocenters. The zero-order valence-electron chi connectivity index (χ0n) is 9.51. The van der Waals surface area contributed by atoms with Crippen LogP contribution in [0.4, 0.5) is 0 Å². The average molecular weight is 213 g/mol. The van der Waals surface area contributed by atoms with Crippen LogP contribution < -0.4 is 5.32 Å². The molecule has 0 aliphatic carbocycles. The van der Waals surface area contributed by atoms with Crippen LogP contribution in [0.5, 0.6) is 0 Å². The van der Waals surface area contributed by atoms with Gasteiger partial charge in [0.25, 0.3) is 0 Å². The van der Waals surface area contributed by atoms with Crippen molar-refractivity contribution in [1.29, 1.82) is 0 Å². The maximum atomic E-state index is 4.40. The lowest BCUT2D eigenvalue weighted by Gasteiger charge is -2.15. The molecule has 2 aromatic rings. The van der Waals surface area contributed by atoms with Gasteiger partial charge in [-0.3, -0.25) is 9.97 Å². The molecule has 16 heavy (non-hydrogen) atoms. The molecule has 2 heterocycles. The van der Waals surface area contributed by atoms with Crippen LogP contribution in [0, 0.1) is 6.92 Å². The van der Waals surface area contributed by atoms with Crippen molar-refractivity contribution < 1.29 is 0 Å². The molecule has 0 spiro atoms. The standard InChI is InChI=1S/C13H15N3/c1-10-5-7-16-12(8-10)13(14-2)11-4-3-6-15-9-11/h3-9,13-14H,1-2H3. The van der Waals surface area contributed by atoms with E-state index in [0.717, 1.165) is 11.3 Å². The molecule has 0 fully saturated rings. The summed E-state index contributed by atoms with van der Waals surface area (Å²) >= 11 is 0. The van der Waals surface area contributed by atoms with Crippen molar-refractivity contribution in [2.75, 3.05) is 7.05 Å². The monoisotopic (exact) mass is 213 g/mol. The van der Waals surface area contributed by atoms with E-state index >= 15 is 0 Å². The molecule has 0 bridgehead atoms. The van der Waals surface area contributed by atoms with Gasteiger partial charge in [-0.25, -0.2) is 0 Å². The second-order valence-corrected chi connectivity index (χ2v) is 3.77. The third-order valence-electron chi connectivity index (χ3n) is 2.54. The number of nitrogens with one attached hydrogen (secondary N) is 1. The number of pyridine rings is 2. The molecule has 0 amide bonds. The molecule has 1 unspecified atom stereocenters. The van der Waals surface area contributed by atoms with E-state index in [4.69, 9.17) is 0 Å². The van der Waals surface area contributed by atoms with Crippen molar-refractivity contribution in [1.82, 2.24) is 15.3 Å². The van der Waals surface area contributed by atoms with E-state index < -0.39 is 0 Å². The lowest BCUT2D eigenvalue weighted by atomic mass is 10.0. The fourth-order valence-electron chi connectivity index (χ4n) is 1.75. The zero-order chi connectivity index (χ0) is 11.4. The van der Waals surface area contributed by atoms with Gasteiger partial charge in [-0.1, -0.05) is 6.07 Å². The number of aromatic nitrogens is 2. The van der Waals surface area contributed by atoms with E-state index in [-0.39, 0.29) is 6.04 Å². The SMILES string of the molecule is CNC(c1cccnc1)c1cc(C)ccn1. The van der Waals surface area contributed by atoms with Crippen LogP contribution in [0.2, 0.25) is 0 Å². The first-order chi connectivity index (χ1) is 7.81. The molecular formula is C13H15N3. The summed E-state index contributed by atoms with van der Waals surface area (Å²) in [6, 6.07) is 8.19. The fourth-order valence-corrected chi connectivity index (χ4v) is 1.75. The van der Waals surface area contributed by atoms with E-state index in [1.807, 2.05) is 31.6 Å². The normalized spacial score (nSPS) is 12.4. The summed E-state index contributed by atoms with van der Waals surface area (Å²) in [4.78, 5) is 8.53. The summed E-state index contributed by atoms with van der Waals surface area (Å²) in [5.74, 6) is 0. The largest absolute Gasteiger partial charge is 0.308 e. The number of rotatable bonds is 3. The Bertz CT molecular complexity index is 454. The first-order valence-electron chi connectivity index (χ1n) is 5.31. The van der Waals surface area contributed by atoms with Crippen molar-refractivity contribution in [3.8, 4) is 0 Å². The Morgan fingerprint density at radius 1 is 1.25 bits per heavy atom. The predicted molar refractivity (Wildman–Crippen MR) is 64.1 cm³/mol. The molecule has 0 saturated heterocycles. The summed E-state index contributed by atoms with van der Waals surface area (Å²) in [6.45, 7) is 2.07. The van der Waals surface area contributed by atoms with Gasteiger partial charge in [-0.2, -0.15) is 0 Å². The van der Waals surface area contributed by atoms with Crippen LogP contribution in [0.3, 0.4) is 0 Å². The van der Waals surface area contributed by atoms with Crippen LogP contribution in [-0.2, 0) is 0 Å². The minimum atomic E-state index is 0.105. The quantitative estimate of drug-likeness (QED) is 0.848. The molecule has 0 aromatic carbocycles. The summed E-state index contributed by atoms with van der Waals surface area (Å²) in [7, 11) is 1.93. The Hall–Kier alpha value is -1.74. The van der Waals surface area contributed by atoms with E-state index in [2.05, 4.69) is 34.3 Å². The van der Waals surface area contributed by atoms with Gasteiger partial charge in [0.15, 0.2) is 0 Å². The molecule has 2 aromatic heterocycles. The molecule has 0 aliphatic rings. The Morgan fingerprint density at radius 2 is 2.12 bits per heavy atom. The van der Waals surface area contributed by atoms with Crippen molar-refractivity contribution in [3.05, 3.63) is 59.7 Å². The minimum absolute atomic E-state index is 0.105. The lowest BCUT2D eigenvalue weighted by molar-refractivity contribution is 0.667. The van der Waals surface area contributed by atoms with Gasteiger partial charge in [-0.05, 0) is 43.3 Å². The lowest BCUT2D eigenvalue weighted by Crippen LogP contribution is -2.19. The second-order valence-electron chi connectivity index (χ2n) is 3.77.